The summed E-state index contributed by atoms with van der Waals surface area (Å²) < 4.78 is 61.3. The molecule has 0 spiro atoms. The Morgan fingerprint density at radius 1 is 0.950 bits per heavy atom. The van der Waals surface area contributed by atoms with Crippen LogP contribution in [0, 0.1) is 17.8 Å². The molecule has 0 aliphatic carbocycles. The molecule has 3 fully saturated rings. The normalized spacial score (nSPS) is 36.1. The van der Waals surface area contributed by atoms with Crippen molar-refractivity contribution in [1.29, 1.82) is 0 Å². The van der Waals surface area contributed by atoms with Crippen molar-refractivity contribution < 1.29 is 67.6 Å². The zero-order valence-corrected chi connectivity index (χ0v) is 50.1. The number of rotatable bonds is 18. The molecule has 3 aliphatic heterocycles. The molecule has 3 aromatic rings. The highest BCUT2D eigenvalue weighted by atomic mass is 19.1. The quantitative estimate of drug-likeness (QED) is 0.0876. The molecule has 1 amide bonds. The van der Waals surface area contributed by atoms with Crippen LogP contribution in [0.5, 0.6) is 0 Å². The van der Waals surface area contributed by atoms with E-state index in [2.05, 4.69) is 20.5 Å². The first kappa shape index (κ1) is 65.1. The Hall–Kier alpha value is -4.03. The molecule has 19 nitrogen and oxygen atoms in total. The van der Waals surface area contributed by atoms with Gasteiger partial charge < -0.3 is 68.7 Å². The molecule has 0 unspecified atom stereocenters. The smallest absolute Gasteiger partial charge is 0.311 e. The first-order valence-electron chi connectivity index (χ1n) is 28.7. The van der Waals surface area contributed by atoms with Gasteiger partial charge in [-0.2, -0.15) is 0 Å². The van der Waals surface area contributed by atoms with E-state index in [0.717, 1.165) is 22.3 Å². The van der Waals surface area contributed by atoms with Gasteiger partial charge in [-0.25, -0.2) is 9.07 Å². The number of aliphatic hydroxyl groups excluding tert-OH is 2. The summed E-state index contributed by atoms with van der Waals surface area (Å²) in [6.07, 6.45) is -4.76. The van der Waals surface area contributed by atoms with Crippen LogP contribution in [0.15, 0.2) is 54.7 Å². The van der Waals surface area contributed by atoms with Crippen molar-refractivity contribution in [3.63, 3.8) is 0 Å². The number of hydrogen-bond donors (Lipinski definition) is 5. The molecule has 0 bridgehead atoms. The molecule has 0 saturated carbocycles. The summed E-state index contributed by atoms with van der Waals surface area (Å²) in [6.45, 7) is 20.1. The lowest BCUT2D eigenvalue weighted by Gasteiger charge is -2.48. The highest BCUT2D eigenvalue weighted by Gasteiger charge is 2.52. The summed E-state index contributed by atoms with van der Waals surface area (Å²) in [5, 5.41) is 59.3. The Bertz CT molecular complexity index is 2430. The molecule has 6 rings (SSSR count). The first-order chi connectivity index (χ1) is 37.7. The lowest BCUT2D eigenvalue weighted by atomic mass is 9.77. The van der Waals surface area contributed by atoms with Gasteiger partial charge in [-0.05, 0) is 116 Å². The number of hydrogen-bond acceptors (Lipinski definition) is 17. The van der Waals surface area contributed by atoms with E-state index in [1.165, 1.54) is 25.6 Å². The number of aromatic nitrogens is 3. The number of amides is 1. The SMILES string of the molecule is CC[C@H]1OC(=O)[C@H](C)[C@@H](O[C@H]2C[C@@](C)(OC)[C@@H](O)[C@H](C)O2)[C@H](C)[C@@H](O[C@H]2C[C@@H](N(C)CCc3cn([C@H](CF)[C@H](OC)c4ccc(-c5cccc(CNC(C)=O)c5)cc4)nn3)C[C@@H](C)O2)[C@](C)(O)C[C@@H](C)CN(C)[C@H](C)[C@@H](O)[C@]1(C)O. The lowest BCUT2D eigenvalue weighted by molar-refractivity contribution is -0.308. The van der Waals surface area contributed by atoms with Gasteiger partial charge in [0, 0.05) is 84.2 Å². The van der Waals surface area contributed by atoms with Crippen LogP contribution >= 0.6 is 0 Å². The van der Waals surface area contributed by atoms with Crippen LogP contribution in [0.3, 0.4) is 0 Å². The molecule has 0 radical (unpaired) electrons. The number of methoxy groups -OCH3 is 2. The fourth-order valence-electron chi connectivity index (χ4n) is 12.4. The minimum Gasteiger partial charge on any atom is -0.459 e. The fraction of sp³-hybridized carbons (Fsp3) is 0.733. The average Bonchev–Trinajstić information content (AvgIpc) is 3.90. The number of carbonyl (C=O) groups excluding carboxylic acids is 2. The van der Waals surface area contributed by atoms with Gasteiger partial charge in [-0.1, -0.05) is 68.4 Å². The summed E-state index contributed by atoms with van der Waals surface area (Å²) in [5.41, 5.74) is -0.0339. The van der Waals surface area contributed by atoms with Crippen molar-refractivity contribution >= 4 is 11.9 Å². The van der Waals surface area contributed by atoms with E-state index >= 15 is 4.39 Å². The Balaban J connectivity index is 1.21. The number of ether oxygens (including phenoxy) is 7. The summed E-state index contributed by atoms with van der Waals surface area (Å²) in [7, 11) is 6.96. The Morgan fingerprint density at radius 2 is 1.65 bits per heavy atom. The van der Waals surface area contributed by atoms with E-state index < -0.39 is 109 Å². The molecule has 3 saturated heterocycles. The molecular formula is C60H95FN6O13. The number of benzene rings is 2. The van der Waals surface area contributed by atoms with Gasteiger partial charge in [0.05, 0.1) is 47.2 Å². The first-order valence-corrected chi connectivity index (χ1v) is 28.7. The number of esters is 1. The number of carbonyl (C=O) groups is 2. The number of halogens is 1. The number of aliphatic hydroxyl groups is 4. The molecule has 2 aromatic carbocycles. The molecule has 80 heavy (non-hydrogen) atoms. The van der Waals surface area contributed by atoms with Gasteiger partial charge in [0.2, 0.25) is 5.91 Å². The van der Waals surface area contributed by atoms with Gasteiger partial charge in [0.15, 0.2) is 12.6 Å². The Morgan fingerprint density at radius 3 is 2.29 bits per heavy atom. The summed E-state index contributed by atoms with van der Waals surface area (Å²) >= 11 is 0. The maximum Gasteiger partial charge on any atom is 0.311 e. The summed E-state index contributed by atoms with van der Waals surface area (Å²) in [5.74, 6) is -2.70. The predicted octanol–water partition coefficient (Wildman–Crippen LogP) is 6.34. The van der Waals surface area contributed by atoms with E-state index in [-0.39, 0.29) is 43.2 Å². The number of nitrogens with zero attached hydrogens (tertiary/aromatic N) is 5. The number of alkyl halides is 1. The topological polar surface area (TPSA) is 229 Å². The standard InChI is InChI=1S/C60H95FN6O13/c1-16-49-60(11,73)54(69)39(6)66(13)33-35(2)29-58(9,72)56(37(4)52(38(5)57(71)78-49)79-51-30-59(10,75-15)55(70)40(7)77-51)80-50-28-47(26-36(3)76-50)65(12)25-24-46-34-67(64-63-46)48(31-61)53(74-14)44-22-20-43(21-23-44)45-19-17-18-42(27-45)32-62-41(8)68/h17-23,27,34-40,47-56,69-70,72-73H,16,24-26,28-33H2,1-15H3,(H,62,68)/t35-,36-,37+,38-,39-,40+,47+,48-,49-,50+,51+,52+,53-,54-,55+,56-,58-,59-,60-/m1/s1. The fourth-order valence-corrected chi connectivity index (χ4v) is 12.4. The molecule has 4 heterocycles. The van der Waals surface area contributed by atoms with Gasteiger partial charge >= 0.3 is 5.97 Å². The number of likely N-dealkylation sites (N-methyl/N-ethyl adjacent to an activating group) is 2. The maximum atomic E-state index is 15.1. The van der Waals surface area contributed by atoms with Gasteiger partial charge in [0.25, 0.3) is 0 Å². The maximum absolute atomic E-state index is 15.1. The highest BCUT2D eigenvalue weighted by molar-refractivity contribution is 5.73. The second kappa shape index (κ2) is 28.0. The summed E-state index contributed by atoms with van der Waals surface area (Å²) in [4.78, 5) is 30.2. The van der Waals surface area contributed by atoms with Crippen molar-refractivity contribution in [2.45, 2.75) is 218 Å². The third kappa shape index (κ3) is 15.8. The Kier molecular flexibility index (Phi) is 22.8. The molecule has 450 valence electrons. The largest absolute Gasteiger partial charge is 0.459 e. The van der Waals surface area contributed by atoms with Crippen molar-refractivity contribution in [3.05, 3.63) is 71.5 Å². The van der Waals surface area contributed by atoms with Gasteiger partial charge in [-0.15, -0.1) is 5.10 Å². The average molecular weight is 1130 g/mol. The van der Waals surface area contributed by atoms with Gasteiger partial charge in [-0.3, -0.25) is 9.59 Å². The van der Waals surface area contributed by atoms with E-state index in [9.17, 15) is 30.0 Å². The molecule has 5 N–H and O–H groups in total. The van der Waals surface area contributed by atoms with Crippen molar-refractivity contribution in [2.24, 2.45) is 17.8 Å². The predicted molar refractivity (Wildman–Crippen MR) is 300 cm³/mol. The number of nitrogens with one attached hydrogen (secondary N) is 1. The summed E-state index contributed by atoms with van der Waals surface area (Å²) in [6, 6.07) is 14.4. The molecule has 1 aromatic heterocycles. The molecule has 20 heteroatoms. The minimum absolute atomic E-state index is 0.0316. The zero-order valence-electron chi connectivity index (χ0n) is 50.1. The van der Waals surface area contributed by atoms with E-state index in [1.807, 2.05) is 95.2 Å². The van der Waals surface area contributed by atoms with Crippen LogP contribution < -0.4 is 5.32 Å². The van der Waals surface area contributed by atoms with Crippen LogP contribution in [0.4, 0.5) is 4.39 Å². The second-order valence-electron chi connectivity index (χ2n) is 24.1. The second-order valence-corrected chi connectivity index (χ2v) is 24.1. The van der Waals surface area contributed by atoms with E-state index in [0.29, 0.717) is 44.6 Å². The van der Waals surface area contributed by atoms with E-state index in [4.69, 9.17) is 33.2 Å². The third-order valence-electron chi connectivity index (χ3n) is 17.4. The van der Waals surface area contributed by atoms with Crippen LogP contribution in [0.25, 0.3) is 11.1 Å². The van der Waals surface area contributed by atoms with Gasteiger partial charge in [0.1, 0.15) is 42.7 Å². The molecular weight excluding hydrogens is 1030 g/mol. The highest BCUT2D eigenvalue weighted by Crippen LogP contribution is 2.41. The van der Waals surface area contributed by atoms with Crippen molar-refractivity contribution in [3.8, 4) is 11.1 Å². The van der Waals surface area contributed by atoms with E-state index in [1.54, 1.807) is 47.9 Å². The molecule has 3 aliphatic rings. The zero-order chi connectivity index (χ0) is 59.0. The van der Waals surface area contributed by atoms with Crippen LogP contribution in [0.1, 0.15) is 137 Å². The lowest BCUT2D eigenvalue weighted by Crippen LogP contribution is -2.59. The van der Waals surface area contributed by atoms with Crippen molar-refractivity contribution in [1.82, 2.24) is 30.1 Å². The monoisotopic (exact) mass is 1130 g/mol. The van der Waals surface area contributed by atoms with Crippen LogP contribution in [0.2, 0.25) is 0 Å². The van der Waals surface area contributed by atoms with Crippen LogP contribution in [-0.2, 0) is 55.7 Å². The minimum atomic E-state index is -1.83. The Labute approximate surface area is 474 Å². The van der Waals surface area contributed by atoms with Crippen LogP contribution in [-0.4, -0.2) is 189 Å². The third-order valence-corrected chi connectivity index (χ3v) is 17.4. The molecule has 19 atom stereocenters. The van der Waals surface area contributed by atoms with Crippen molar-refractivity contribution in [2.75, 3.05) is 48.1 Å². The number of cyclic esters (lactones) is 1.